The number of pyridine rings is 1. The normalized spacial score (nSPS) is 13.5. The number of carbonyl (C=O) groups excluding carboxylic acids is 1. The number of anilines is 2. The van der Waals surface area contributed by atoms with Gasteiger partial charge in [0.15, 0.2) is 23.8 Å². The second-order valence-corrected chi connectivity index (χ2v) is 10.7. The lowest BCUT2D eigenvalue weighted by molar-refractivity contribution is -0.102. The Bertz CT molecular complexity index is 1310. The van der Waals surface area contributed by atoms with Crippen molar-refractivity contribution in [3.05, 3.63) is 41.7 Å². The van der Waals surface area contributed by atoms with Crippen LogP contribution in [0.3, 0.4) is 0 Å². The summed E-state index contributed by atoms with van der Waals surface area (Å²) in [4.78, 5) is 42.7. The first kappa shape index (κ1) is 27.4. The van der Waals surface area contributed by atoms with Gasteiger partial charge in [0.1, 0.15) is 17.6 Å². The maximum atomic E-state index is 12.0. The number of ether oxygens (including phenoxy) is 1. The van der Waals surface area contributed by atoms with E-state index < -0.39 is 0 Å². The molecule has 0 bridgehead atoms. The summed E-state index contributed by atoms with van der Waals surface area (Å²) in [6.07, 6.45) is 6.19. The van der Waals surface area contributed by atoms with E-state index in [0.717, 1.165) is 34.9 Å². The van der Waals surface area contributed by atoms with Gasteiger partial charge in [-0.05, 0) is 51.5 Å². The SMILES string of the molecule is CCSc1ccc(CN=C(C=O)Nc2c(C)nc(-c3c(OC)ncnc3C3CC3)nc2N(C)C(C)C)nc1. The number of amidine groups is 1. The number of thioether (sulfide) groups is 1. The van der Waals surface area contributed by atoms with Gasteiger partial charge >= 0.3 is 0 Å². The quantitative estimate of drug-likeness (QED) is 0.161. The van der Waals surface area contributed by atoms with Crippen molar-refractivity contribution in [3.63, 3.8) is 0 Å². The number of aromatic nitrogens is 5. The van der Waals surface area contributed by atoms with Gasteiger partial charge in [0, 0.05) is 30.1 Å². The van der Waals surface area contributed by atoms with E-state index in [4.69, 9.17) is 14.7 Å². The Hall–Kier alpha value is -3.60. The number of rotatable bonds is 11. The van der Waals surface area contributed by atoms with Crippen molar-refractivity contribution >= 4 is 35.4 Å². The van der Waals surface area contributed by atoms with Gasteiger partial charge in [-0.2, -0.15) is 0 Å². The molecule has 0 atom stereocenters. The standard InChI is InChI=1S/C27H34N8O2S/c1-7-38-20-11-10-19(28-13-20)12-29-21(14-36)33-23-17(4)32-25(34-26(23)35(5)16(2)3)22-24(18-8-9-18)30-15-31-27(22)37-6/h10-11,13-16,18H,7-9,12H2,1-6H3,(H,29,33). The Morgan fingerprint density at radius 3 is 2.66 bits per heavy atom. The summed E-state index contributed by atoms with van der Waals surface area (Å²) in [6, 6.07) is 4.08. The van der Waals surface area contributed by atoms with Crippen LogP contribution >= 0.6 is 11.8 Å². The predicted octanol–water partition coefficient (Wildman–Crippen LogP) is 4.69. The molecule has 0 spiro atoms. The summed E-state index contributed by atoms with van der Waals surface area (Å²) in [6.45, 7) is 8.40. The van der Waals surface area contributed by atoms with E-state index in [9.17, 15) is 4.79 Å². The van der Waals surface area contributed by atoms with Gasteiger partial charge in [-0.25, -0.2) is 19.9 Å². The molecule has 0 radical (unpaired) electrons. The molecule has 200 valence electrons. The highest BCUT2D eigenvalue weighted by molar-refractivity contribution is 7.99. The molecule has 1 fully saturated rings. The zero-order valence-corrected chi connectivity index (χ0v) is 23.5. The third-order valence-electron chi connectivity index (χ3n) is 6.29. The lowest BCUT2D eigenvalue weighted by atomic mass is 10.1. The molecule has 0 aliphatic heterocycles. The monoisotopic (exact) mass is 534 g/mol. The molecule has 38 heavy (non-hydrogen) atoms. The fraction of sp³-hybridized carbons (Fsp3) is 0.444. The second kappa shape index (κ2) is 12.3. The first-order valence-corrected chi connectivity index (χ1v) is 13.7. The van der Waals surface area contributed by atoms with Gasteiger partial charge in [-0.15, -0.1) is 11.8 Å². The smallest absolute Gasteiger partial charge is 0.227 e. The van der Waals surface area contributed by atoms with E-state index in [-0.39, 0.29) is 18.4 Å². The molecule has 0 unspecified atom stereocenters. The number of carbonyl (C=O) groups is 1. The van der Waals surface area contributed by atoms with Gasteiger partial charge in [0.25, 0.3) is 0 Å². The van der Waals surface area contributed by atoms with Crippen molar-refractivity contribution in [1.82, 2.24) is 24.9 Å². The lowest BCUT2D eigenvalue weighted by Crippen LogP contribution is -2.29. The van der Waals surface area contributed by atoms with Crippen LogP contribution in [0, 0.1) is 6.92 Å². The summed E-state index contributed by atoms with van der Waals surface area (Å²) < 4.78 is 5.58. The van der Waals surface area contributed by atoms with E-state index in [1.54, 1.807) is 18.9 Å². The number of hydrogen-bond acceptors (Lipinski definition) is 10. The van der Waals surface area contributed by atoms with E-state index in [0.29, 0.717) is 46.7 Å². The first-order valence-electron chi connectivity index (χ1n) is 12.7. The molecule has 0 aromatic carbocycles. The van der Waals surface area contributed by atoms with E-state index in [2.05, 4.69) is 46.0 Å². The minimum atomic E-state index is 0.134. The highest BCUT2D eigenvalue weighted by Gasteiger charge is 2.32. The van der Waals surface area contributed by atoms with Crippen LogP contribution in [0.1, 0.15) is 56.6 Å². The summed E-state index contributed by atoms with van der Waals surface area (Å²) in [5.41, 5.74) is 3.67. The molecule has 1 N–H and O–H groups in total. The molecule has 1 aliphatic rings. The first-order chi connectivity index (χ1) is 18.4. The number of nitrogens with zero attached hydrogens (tertiary/aromatic N) is 7. The topological polar surface area (TPSA) is 118 Å². The Balaban J connectivity index is 1.70. The minimum Gasteiger partial charge on any atom is -0.480 e. The van der Waals surface area contributed by atoms with Crippen molar-refractivity contribution in [2.45, 2.75) is 63.9 Å². The molecular weight excluding hydrogens is 500 g/mol. The lowest BCUT2D eigenvalue weighted by Gasteiger charge is -2.27. The van der Waals surface area contributed by atoms with Gasteiger partial charge in [0.05, 0.1) is 30.7 Å². The molecule has 0 saturated heterocycles. The van der Waals surface area contributed by atoms with Crippen LogP contribution in [-0.4, -0.2) is 63.0 Å². The minimum absolute atomic E-state index is 0.134. The van der Waals surface area contributed by atoms with Crippen LogP contribution in [0.25, 0.3) is 11.4 Å². The maximum absolute atomic E-state index is 12.0. The molecule has 3 aromatic heterocycles. The van der Waals surface area contributed by atoms with E-state index in [1.165, 1.54) is 6.33 Å². The van der Waals surface area contributed by atoms with Crippen LogP contribution in [-0.2, 0) is 11.3 Å². The van der Waals surface area contributed by atoms with Crippen LogP contribution in [0.15, 0.2) is 34.5 Å². The summed E-state index contributed by atoms with van der Waals surface area (Å²) in [5.74, 6) is 3.10. The number of hydrogen-bond donors (Lipinski definition) is 1. The Morgan fingerprint density at radius 1 is 1.26 bits per heavy atom. The molecule has 0 amide bonds. The van der Waals surface area contributed by atoms with Crippen molar-refractivity contribution in [3.8, 4) is 17.3 Å². The molecule has 11 heteroatoms. The predicted molar refractivity (Wildman–Crippen MR) is 151 cm³/mol. The third-order valence-corrected chi connectivity index (χ3v) is 7.15. The highest BCUT2D eigenvalue weighted by Crippen LogP contribution is 2.45. The number of nitrogens with one attached hydrogen (secondary N) is 1. The van der Waals surface area contributed by atoms with Crippen molar-refractivity contribution in [2.75, 3.05) is 30.1 Å². The third kappa shape index (κ3) is 6.27. The Kier molecular flexibility index (Phi) is 8.88. The molecule has 3 aromatic rings. The van der Waals surface area contributed by atoms with Crippen LogP contribution in [0.2, 0.25) is 0 Å². The van der Waals surface area contributed by atoms with Gasteiger partial charge in [-0.1, -0.05) is 6.92 Å². The zero-order valence-electron chi connectivity index (χ0n) is 22.7. The van der Waals surface area contributed by atoms with Gasteiger partial charge < -0.3 is 15.0 Å². The largest absolute Gasteiger partial charge is 0.480 e. The average molecular weight is 535 g/mol. The molecule has 1 saturated carbocycles. The molecule has 1 aliphatic carbocycles. The van der Waals surface area contributed by atoms with E-state index in [1.807, 2.05) is 37.2 Å². The van der Waals surface area contributed by atoms with Crippen molar-refractivity contribution in [1.29, 1.82) is 0 Å². The Morgan fingerprint density at radius 2 is 2.05 bits per heavy atom. The average Bonchev–Trinajstić information content (AvgIpc) is 3.77. The molecule has 4 rings (SSSR count). The van der Waals surface area contributed by atoms with Crippen LogP contribution in [0.4, 0.5) is 11.5 Å². The maximum Gasteiger partial charge on any atom is 0.227 e. The number of aryl methyl sites for hydroxylation is 1. The van der Waals surface area contributed by atoms with E-state index >= 15 is 0 Å². The fourth-order valence-corrected chi connectivity index (χ4v) is 4.51. The molecule has 10 nitrogen and oxygen atoms in total. The summed E-state index contributed by atoms with van der Waals surface area (Å²) >= 11 is 1.73. The number of aldehydes is 1. The second-order valence-electron chi connectivity index (χ2n) is 9.32. The van der Waals surface area contributed by atoms with Crippen molar-refractivity contribution < 1.29 is 9.53 Å². The Labute approximate surface area is 227 Å². The summed E-state index contributed by atoms with van der Waals surface area (Å²) in [5, 5.41) is 3.18. The fourth-order valence-electron chi connectivity index (χ4n) is 3.89. The molecule has 3 heterocycles. The van der Waals surface area contributed by atoms with Crippen LogP contribution in [0.5, 0.6) is 5.88 Å². The van der Waals surface area contributed by atoms with Crippen LogP contribution < -0.4 is 15.0 Å². The summed E-state index contributed by atoms with van der Waals surface area (Å²) in [7, 11) is 3.55. The number of methoxy groups -OCH3 is 1. The van der Waals surface area contributed by atoms with Gasteiger partial charge in [-0.3, -0.25) is 14.8 Å². The zero-order chi connectivity index (χ0) is 27.2. The van der Waals surface area contributed by atoms with Crippen molar-refractivity contribution in [2.24, 2.45) is 4.99 Å². The van der Waals surface area contributed by atoms with Gasteiger partial charge in [0.2, 0.25) is 5.88 Å². The highest BCUT2D eigenvalue weighted by atomic mass is 32.2. The number of aliphatic imine (C=N–C) groups is 1. The molecular formula is C27H34N8O2S.